The molecular formula is C25H26F4N2O4S. The molecule has 2 aromatic carbocycles. The highest BCUT2D eigenvalue weighted by atomic mass is 32.2. The van der Waals surface area contributed by atoms with Crippen molar-refractivity contribution in [3.05, 3.63) is 59.4 Å². The first kappa shape index (κ1) is 25.2. The van der Waals surface area contributed by atoms with Gasteiger partial charge < -0.3 is 9.64 Å². The van der Waals surface area contributed by atoms with E-state index in [9.17, 15) is 26.4 Å². The first-order chi connectivity index (χ1) is 17.2. The molecule has 3 fully saturated rings. The predicted molar refractivity (Wildman–Crippen MR) is 123 cm³/mol. The van der Waals surface area contributed by atoms with E-state index in [0.717, 1.165) is 25.0 Å². The van der Waals surface area contributed by atoms with Crippen LogP contribution in [0.1, 0.15) is 31.2 Å². The maximum atomic E-state index is 15.7. The second-order valence-electron chi connectivity index (χ2n) is 9.88. The van der Waals surface area contributed by atoms with Crippen molar-refractivity contribution in [1.82, 2.24) is 9.62 Å². The van der Waals surface area contributed by atoms with Crippen molar-refractivity contribution in [2.45, 2.75) is 50.5 Å². The quantitative estimate of drug-likeness (QED) is 0.314. The van der Waals surface area contributed by atoms with Crippen LogP contribution in [0.5, 0.6) is 0 Å². The Balaban J connectivity index is 1.48. The Morgan fingerprint density at radius 3 is 2.44 bits per heavy atom. The summed E-state index contributed by atoms with van der Waals surface area (Å²) in [6.07, 6.45) is -0.464. The van der Waals surface area contributed by atoms with Gasteiger partial charge in [0.15, 0.2) is 6.30 Å². The highest BCUT2D eigenvalue weighted by Gasteiger charge is 2.61. The second-order valence-corrected chi connectivity index (χ2v) is 10.7. The molecular weight excluding hydrogens is 500 g/mol. The molecule has 2 saturated heterocycles. The van der Waals surface area contributed by atoms with Gasteiger partial charge in [-0.2, -0.15) is 4.72 Å². The molecule has 3 aliphatic rings. The Bertz CT molecular complexity index is 1220. The lowest BCUT2D eigenvalue weighted by molar-refractivity contribution is -0.157. The molecule has 1 unspecified atom stereocenters. The maximum absolute atomic E-state index is 15.7. The fraction of sp³-hybridized carbons (Fsp3) is 0.480. The van der Waals surface area contributed by atoms with E-state index in [1.165, 1.54) is 12.1 Å². The largest absolute Gasteiger partial charge is 0.368 e. The van der Waals surface area contributed by atoms with E-state index in [4.69, 9.17) is 4.74 Å². The summed E-state index contributed by atoms with van der Waals surface area (Å²) in [7, 11) is -3.15. The van der Waals surface area contributed by atoms with Crippen molar-refractivity contribution in [2.75, 3.05) is 13.2 Å². The average Bonchev–Trinajstić information content (AvgIpc) is 3.47. The van der Waals surface area contributed by atoms with Gasteiger partial charge in [0.25, 0.3) is 5.91 Å². The molecule has 36 heavy (non-hydrogen) atoms. The first-order valence-corrected chi connectivity index (χ1v) is 13.1. The minimum atomic E-state index is -3.15. The number of hydrogen-bond acceptors (Lipinski definition) is 4. The highest BCUT2D eigenvalue weighted by molar-refractivity contribution is 7.70. The summed E-state index contributed by atoms with van der Waals surface area (Å²) in [6, 6.07) is 6.70. The molecule has 1 aliphatic carbocycles. The van der Waals surface area contributed by atoms with E-state index in [1.807, 2.05) is 4.72 Å². The van der Waals surface area contributed by atoms with Crippen LogP contribution in [-0.4, -0.2) is 50.8 Å². The van der Waals surface area contributed by atoms with E-state index >= 15 is 4.39 Å². The number of carbonyl (C=O) groups is 1. The first-order valence-electron chi connectivity index (χ1n) is 11.9. The summed E-state index contributed by atoms with van der Waals surface area (Å²) in [5, 5.41) is 0. The fourth-order valence-electron chi connectivity index (χ4n) is 5.69. The van der Waals surface area contributed by atoms with Crippen molar-refractivity contribution >= 4 is 16.8 Å². The van der Waals surface area contributed by atoms with Gasteiger partial charge in [0.1, 0.15) is 23.6 Å². The number of hydrogen-bond donors (Lipinski definition) is 2. The van der Waals surface area contributed by atoms with Gasteiger partial charge in [-0.3, -0.25) is 4.79 Å². The van der Waals surface area contributed by atoms with E-state index in [2.05, 4.69) is 0 Å². The van der Waals surface area contributed by atoms with Gasteiger partial charge in [-0.25, -0.2) is 26.0 Å². The maximum Gasteiger partial charge on any atom is 0.252 e. The van der Waals surface area contributed by atoms with Gasteiger partial charge in [-0.15, -0.1) is 0 Å². The van der Waals surface area contributed by atoms with Crippen molar-refractivity contribution in [1.29, 1.82) is 0 Å². The molecule has 2 aliphatic heterocycles. The van der Waals surface area contributed by atoms with Crippen LogP contribution in [0.2, 0.25) is 0 Å². The van der Waals surface area contributed by atoms with Crippen LogP contribution in [0.3, 0.4) is 0 Å². The Kier molecular flexibility index (Phi) is 6.82. The molecule has 6 nitrogen and oxygen atoms in total. The normalized spacial score (nSPS) is 25.2. The van der Waals surface area contributed by atoms with E-state index in [0.29, 0.717) is 25.6 Å². The van der Waals surface area contributed by atoms with Crippen LogP contribution in [0.4, 0.5) is 17.6 Å². The van der Waals surface area contributed by atoms with Gasteiger partial charge in [0.2, 0.25) is 10.9 Å². The molecule has 2 heterocycles. The van der Waals surface area contributed by atoms with Gasteiger partial charge in [0.05, 0.1) is 6.61 Å². The number of rotatable bonds is 8. The van der Waals surface area contributed by atoms with Crippen molar-refractivity contribution in [3.8, 4) is 11.1 Å². The van der Waals surface area contributed by atoms with Crippen LogP contribution in [0, 0.1) is 28.8 Å². The van der Waals surface area contributed by atoms with Crippen molar-refractivity contribution < 1.29 is 35.5 Å². The minimum absolute atomic E-state index is 0.00942. The summed E-state index contributed by atoms with van der Waals surface area (Å²) >= 11 is 0. The summed E-state index contributed by atoms with van der Waals surface area (Å²) in [5.74, 6) is -2.99. The summed E-state index contributed by atoms with van der Waals surface area (Å²) in [5.41, 5.74) is -0.0908. The lowest BCUT2D eigenvalue weighted by atomic mass is 9.82. The number of nitrogens with one attached hydrogen (secondary N) is 1. The number of alkyl halides is 1. The topological polar surface area (TPSA) is 75.7 Å². The lowest BCUT2D eigenvalue weighted by Gasteiger charge is -2.34. The molecule has 1 saturated carbocycles. The molecule has 1 spiro atoms. The number of halogens is 4. The molecule has 4 atom stereocenters. The average molecular weight is 527 g/mol. The van der Waals surface area contributed by atoms with Crippen LogP contribution >= 0.6 is 0 Å². The molecule has 1 amide bonds. The van der Waals surface area contributed by atoms with Gasteiger partial charge in [-0.1, -0.05) is 18.2 Å². The fourth-order valence-corrected chi connectivity index (χ4v) is 6.02. The zero-order valence-electron chi connectivity index (χ0n) is 19.3. The Morgan fingerprint density at radius 1 is 1.17 bits per heavy atom. The number of ether oxygens (including phenoxy) is 1. The van der Waals surface area contributed by atoms with E-state index in [-0.39, 0.29) is 40.9 Å². The van der Waals surface area contributed by atoms with Crippen LogP contribution < -0.4 is 4.72 Å². The smallest absolute Gasteiger partial charge is 0.252 e. The van der Waals surface area contributed by atoms with Gasteiger partial charge in [-0.05, 0) is 60.3 Å². The van der Waals surface area contributed by atoms with Gasteiger partial charge >= 0.3 is 0 Å². The SMILES string of the molecule is O=C([C@H]1CCO1)N1CC2(CC2)[C@H](CC(F)N[SH](=O)=O)[C@@H]1Cc1cccc(-c2cc(F)cc(F)c2)c1F. The predicted octanol–water partition coefficient (Wildman–Crippen LogP) is 3.51. The molecule has 11 heteroatoms. The van der Waals surface area contributed by atoms with Crippen LogP contribution in [0.15, 0.2) is 36.4 Å². The zero-order valence-corrected chi connectivity index (χ0v) is 20.2. The third kappa shape index (κ3) is 4.88. The van der Waals surface area contributed by atoms with E-state index in [1.54, 1.807) is 11.0 Å². The molecule has 2 aromatic rings. The summed E-state index contributed by atoms with van der Waals surface area (Å²) in [4.78, 5) is 14.9. The molecule has 5 rings (SSSR count). The number of thiol groups is 1. The standard InChI is InChI=1S/C25H26F4N2O4S/c26-16-8-15(9-17(27)11-16)18-3-1-2-14(23(18)29)10-20-19(12-22(28)30-36(33)34)25(5-6-25)13-31(20)24(32)21-4-7-35-21/h1-3,8-9,11,19-22,36H,4-7,10,12-13H2,(H,30,33,34)/t19-,20+,21-,22?/m1/s1. The van der Waals surface area contributed by atoms with Crippen LogP contribution in [0.25, 0.3) is 11.1 Å². The number of benzene rings is 2. The number of amides is 1. The number of likely N-dealkylation sites (tertiary alicyclic amines) is 1. The molecule has 0 aromatic heterocycles. The lowest BCUT2D eigenvalue weighted by Crippen LogP contribution is -2.49. The molecule has 1 N–H and O–H groups in total. The molecule has 0 radical (unpaired) electrons. The second kappa shape index (κ2) is 9.75. The Hall–Kier alpha value is -2.50. The highest BCUT2D eigenvalue weighted by Crippen LogP contribution is 2.60. The summed E-state index contributed by atoms with van der Waals surface area (Å²) in [6.45, 7) is 0.838. The van der Waals surface area contributed by atoms with E-state index < -0.39 is 52.7 Å². The van der Waals surface area contributed by atoms with Gasteiger partial charge in [0, 0.05) is 30.6 Å². The Labute approximate surface area is 207 Å². The Morgan fingerprint density at radius 2 is 1.86 bits per heavy atom. The molecule has 0 bridgehead atoms. The summed E-state index contributed by atoms with van der Waals surface area (Å²) < 4.78 is 87.1. The zero-order chi connectivity index (χ0) is 25.6. The van der Waals surface area contributed by atoms with Crippen molar-refractivity contribution in [3.63, 3.8) is 0 Å². The monoisotopic (exact) mass is 526 g/mol. The van der Waals surface area contributed by atoms with Crippen molar-refractivity contribution in [2.24, 2.45) is 11.3 Å². The minimum Gasteiger partial charge on any atom is -0.368 e. The number of nitrogens with zero attached hydrogens (tertiary/aromatic N) is 1. The third-order valence-corrected chi connectivity index (χ3v) is 8.17. The molecule has 194 valence electrons. The number of carbonyl (C=O) groups excluding carboxylic acids is 1. The van der Waals surface area contributed by atoms with Crippen LogP contribution in [-0.2, 0) is 26.8 Å². The third-order valence-electron chi connectivity index (χ3n) is 7.67.